The smallest absolute Gasteiger partial charge is 0.253 e. The molecule has 0 radical (unpaired) electrons. The van der Waals surface area contributed by atoms with E-state index in [1.54, 1.807) is 13.0 Å². The number of nitrogens with zero attached hydrogens (tertiary/aromatic N) is 3. The van der Waals surface area contributed by atoms with Crippen LogP contribution >= 0.6 is 0 Å². The summed E-state index contributed by atoms with van der Waals surface area (Å²) >= 11 is 0. The number of hydrogen-bond acceptors (Lipinski definition) is 4. The molecule has 1 aliphatic heterocycles. The molecule has 1 aromatic heterocycles. The third kappa shape index (κ3) is 2.93. The summed E-state index contributed by atoms with van der Waals surface area (Å²) in [6.45, 7) is 3.42. The van der Waals surface area contributed by atoms with Crippen LogP contribution in [0.1, 0.15) is 33.6 Å². The third-order valence-corrected chi connectivity index (χ3v) is 4.10. The van der Waals surface area contributed by atoms with Gasteiger partial charge in [-0.2, -0.15) is 10.2 Å². The van der Waals surface area contributed by atoms with Gasteiger partial charge >= 0.3 is 0 Å². The Labute approximate surface area is 130 Å². The quantitative estimate of drug-likeness (QED) is 0.942. The van der Waals surface area contributed by atoms with E-state index in [0.29, 0.717) is 17.8 Å². The fourth-order valence-electron chi connectivity index (χ4n) is 2.87. The van der Waals surface area contributed by atoms with Gasteiger partial charge in [-0.3, -0.25) is 4.79 Å². The zero-order valence-corrected chi connectivity index (χ0v) is 13.0. The lowest BCUT2D eigenvalue weighted by Gasteiger charge is -2.27. The molecule has 1 aromatic carbocycles. The first-order chi connectivity index (χ1) is 10.6. The SMILES string of the molecule is Cc1nnccc1C(=O)NCc1ccc2c(c1)CCCN2C. The van der Waals surface area contributed by atoms with E-state index in [-0.39, 0.29) is 5.91 Å². The normalized spacial score (nSPS) is 13.6. The standard InChI is InChI=1S/C17H20N4O/c1-12-15(7-8-19-20-12)17(22)18-11-13-5-6-16-14(10-13)4-3-9-21(16)2/h5-8,10H,3-4,9,11H2,1-2H3,(H,18,22). The number of nitrogens with one attached hydrogen (secondary N) is 1. The van der Waals surface area contributed by atoms with Crippen molar-refractivity contribution in [2.45, 2.75) is 26.3 Å². The number of benzene rings is 1. The average Bonchev–Trinajstić information content (AvgIpc) is 2.53. The highest BCUT2D eigenvalue weighted by atomic mass is 16.1. The minimum Gasteiger partial charge on any atom is -0.374 e. The fourth-order valence-corrected chi connectivity index (χ4v) is 2.87. The molecule has 0 spiro atoms. The first-order valence-corrected chi connectivity index (χ1v) is 7.54. The Morgan fingerprint density at radius 1 is 1.36 bits per heavy atom. The van der Waals surface area contributed by atoms with E-state index in [1.165, 1.54) is 23.9 Å². The molecule has 0 unspecified atom stereocenters. The van der Waals surface area contributed by atoms with Gasteiger partial charge in [0.15, 0.2) is 0 Å². The molecular formula is C17H20N4O. The van der Waals surface area contributed by atoms with Crippen molar-refractivity contribution in [3.8, 4) is 0 Å². The molecule has 3 rings (SSSR count). The molecule has 0 fully saturated rings. The maximum atomic E-state index is 12.2. The van der Waals surface area contributed by atoms with Crippen LogP contribution in [0.15, 0.2) is 30.5 Å². The second-order valence-electron chi connectivity index (χ2n) is 5.70. The highest BCUT2D eigenvalue weighted by Gasteiger charge is 2.14. The van der Waals surface area contributed by atoms with Crippen LogP contribution in [-0.2, 0) is 13.0 Å². The summed E-state index contributed by atoms with van der Waals surface area (Å²) in [6.07, 6.45) is 3.83. The van der Waals surface area contributed by atoms with Crippen molar-refractivity contribution < 1.29 is 4.79 Å². The molecule has 0 atom stereocenters. The first kappa shape index (κ1) is 14.5. The lowest BCUT2D eigenvalue weighted by atomic mass is 9.99. The number of fused-ring (bicyclic) bond motifs is 1. The van der Waals surface area contributed by atoms with Crippen LogP contribution in [0, 0.1) is 6.92 Å². The second-order valence-corrected chi connectivity index (χ2v) is 5.70. The van der Waals surface area contributed by atoms with Crippen LogP contribution in [0.3, 0.4) is 0 Å². The monoisotopic (exact) mass is 296 g/mol. The Balaban J connectivity index is 1.69. The van der Waals surface area contributed by atoms with Gasteiger partial charge in [-0.25, -0.2) is 0 Å². The Morgan fingerprint density at radius 3 is 3.05 bits per heavy atom. The summed E-state index contributed by atoms with van der Waals surface area (Å²) in [5, 5.41) is 10.6. The zero-order valence-electron chi connectivity index (χ0n) is 13.0. The predicted octanol–water partition coefficient (Wildman–Crippen LogP) is 2.10. The number of aryl methyl sites for hydroxylation is 2. The largest absolute Gasteiger partial charge is 0.374 e. The molecule has 0 aliphatic carbocycles. The van der Waals surface area contributed by atoms with Gasteiger partial charge in [0.1, 0.15) is 0 Å². The summed E-state index contributed by atoms with van der Waals surface area (Å²) in [7, 11) is 2.12. The predicted molar refractivity (Wildman–Crippen MR) is 86.0 cm³/mol. The van der Waals surface area contributed by atoms with Crippen LogP contribution in [0.25, 0.3) is 0 Å². The molecule has 5 nitrogen and oxygen atoms in total. The number of amides is 1. The van der Waals surface area contributed by atoms with Crippen LogP contribution < -0.4 is 10.2 Å². The third-order valence-electron chi connectivity index (χ3n) is 4.10. The van der Waals surface area contributed by atoms with Crippen molar-refractivity contribution in [2.75, 3.05) is 18.5 Å². The van der Waals surface area contributed by atoms with E-state index in [9.17, 15) is 4.79 Å². The summed E-state index contributed by atoms with van der Waals surface area (Å²) in [6, 6.07) is 8.12. The maximum Gasteiger partial charge on any atom is 0.253 e. The van der Waals surface area contributed by atoms with Crippen LogP contribution in [0.5, 0.6) is 0 Å². The van der Waals surface area contributed by atoms with Crippen molar-refractivity contribution in [1.29, 1.82) is 0 Å². The minimum atomic E-state index is -0.109. The van der Waals surface area contributed by atoms with Gasteiger partial charge in [0.25, 0.3) is 5.91 Å². The lowest BCUT2D eigenvalue weighted by Crippen LogP contribution is -2.26. The molecule has 2 heterocycles. The van der Waals surface area contributed by atoms with E-state index < -0.39 is 0 Å². The van der Waals surface area contributed by atoms with Crippen molar-refractivity contribution >= 4 is 11.6 Å². The van der Waals surface area contributed by atoms with Crippen molar-refractivity contribution in [1.82, 2.24) is 15.5 Å². The Morgan fingerprint density at radius 2 is 2.23 bits per heavy atom. The van der Waals surface area contributed by atoms with Gasteiger partial charge in [-0.05, 0) is 43.0 Å². The topological polar surface area (TPSA) is 58.1 Å². The number of hydrogen-bond donors (Lipinski definition) is 1. The Bertz CT molecular complexity index is 699. The number of carbonyl (C=O) groups excluding carboxylic acids is 1. The van der Waals surface area contributed by atoms with Crippen molar-refractivity contribution in [3.63, 3.8) is 0 Å². The molecule has 1 amide bonds. The van der Waals surface area contributed by atoms with Crippen LogP contribution in [-0.4, -0.2) is 29.7 Å². The van der Waals surface area contributed by atoms with Gasteiger partial charge in [-0.15, -0.1) is 0 Å². The fraction of sp³-hybridized carbons (Fsp3) is 0.353. The molecule has 0 saturated carbocycles. The van der Waals surface area contributed by atoms with Gasteiger partial charge in [0.2, 0.25) is 0 Å². The Kier molecular flexibility index (Phi) is 4.04. The van der Waals surface area contributed by atoms with Crippen LogP contribution in [0.4, 0.5) is 5.69 Å². The maximum absolute atomic E-state index is 12.2. The first-order valence-electron chi connectivity index (χ1n) is 7.54. The van der Waals surface area contributed by atoms with E-state index >= 15 is 0 Å². The summed E-state index contributed by atoms with van der Waals surface area (Å²) in [5.41, 5.74) is 5.01. The van der Waals surface area contributed by atoms with Crippen LogP contribution in [0.2, 0.25) is 0 Å². The zero-order chi connectivity index (χ0) is 15.5. The second kappa shape index (κ2) is 6.13. The van der Waals surface area contributed by atoms with Gasteiger partial charge in [0.05, 0.1) is 17.5 Å². The summed E-state index contributed by atoms with van der Waals surface area (Å²) in [5.74, 6) is -0.109. The van der Waals surface area contributed by atoms with Gasteiger partial charge in [0, 0.05) is 25.8 Å². The molecule has 2 aromatic rings. The minimum absolute atomic E-state index is 0.109. The Hall–Kier alpha value is -2.43. The average molecular weight is 296 g/mol. The summed E-state index contributed by atoms with van der Waals surface area (Å²) in [4.78, 5) is 14.5. The van der Waals surface area contributed by atoms with Gasteiger partial charge in [-0.1, -0.05) is 12.1 Å². The number of aromatic nitrogens is 2. The molecule has 22 heavy (non-hydrogen) atoms. The van der Waals surface area contributed by atoms with Gasteiger partial charge < -0.3 is 10.2 Å². The number of rotatable bonds is 3. The molecule has 0 bridgehead atoms. The summed E-state index contributed by atoms with van der Waals surface area (Å²) < 4.78 is 0. The van der Waals surface area contributed by atoms with Crippen molar-refractivity contribution in [3.05, 3.63) is 52.8 Å². The molecule has 1 N–H and O–H groups in total. The molecule has 0 saturated heterocycles. The highest BCUT2D eigenvalue weighted by molar-refractivity contribution is 5.94. The van der Waals surface area contributed by atoms with Crippen molar-refractivity contribution in [2.24, 2.45) is 0 Å². The number of anilines is 1. The highest BCUT2D eigenvalue weighted by Crippen LogP contribution is 2.26. The molecule has 5 heteroatoms. The van der Waals surface area contributed by atoms with E-state index in [2.05, 4.69) is 45.7 Å². The molecular weight excluding hydrogens is 276 g/mol. The molecule has 1 aliphatic rings. The van der Waals surface area contributed by atoms with E-state index in [4.69, 9.17) is 0 Å². The number of carbonyl (C=O) groups is 1. The van der Waals surface area contributed by atoms with E-state index in [0.717, 1.165) is 18.5 Å². The van der Waals surface area contributed by atoms with E-state index in [1.807, 2.05) is 0 Å². The lowest BCUT2D eigenvalue weighted by molar-refractivity contribution is 0.0949. The molecule has 114 valence electrons.